The van der Waals surface area contributed by atoms with Crippen LogP contribution in [0.2, 0.25) is 0 Å². The molecule has 1 rings (SSSR count). The fourth-order valence-corrected chi connectivity index (χ4v) is 2.15. The largest absolute Gasteiger partial charge is 0.298 e. The number of likely N-dealkylation sites (N-methyl/N-ethyl adjacent to an activating group) is 1. The second-order valence-corrected chi connectivity index (χ2v) is 4.89. The van der Waals surface area contributed by atoms with Crippen LogP contribution < -0.4 is 0 Å². The van der Waals surface area contributed by atoms with E-state index in [1.165, 1.54) is 0 Å². The average Bonchev–Trinajstić information content (AvgIpc) is 2.10. The van der Waals surface area contributed by atoms with Crippen molar-refractivity contribution in [3.8, 4) is 0 Å². The number of aryl methyl sites for hydroxylation is 1. The lowest BCUT2D eigenvalue weighted by Gasteiger charge is -2.23. The van der Waals surface area contributed by atoms with Gasteiger partial charge in [-0.1, -0.05) is 22.0 Å². The first-order chi connectivity index (χ1) is 6.93. The number of rotatable bonds is 3. The predicted molar refractivity (Wildman–Crippen MR) is 66.0 cm³/mol. The van der Waals surface area contributed by atoms with E-state index in [1.54, 1.807) is 6.92 Å². The van der Waals surface area contributed by atoms with Gasteiger partial charge >= 0.3 is 0 Å². The monoisotopic (exact) mass is 269 g/mol. The van der Waals surface area contributed by atoms with Gasteiger partial charge in [0.2, 0.25) is 0 Å². The quantitative estimate of drug-likeness (QED) is 0.841. The Morgan fingerprint density at radius 3 is 2.47 bits per heavy atom. The first kappa shape index (κ1) is 12.4. The van der Waals surface area contributed by atoms with Crippen LogP contribution in [0.15, 0.2) is 22.7 Å². The molecule has 0 aromatic heterocycles. The Hall–Kier alpha value is -0.670. The van der Waals surface area contributed by atoms with Gasteiger partial charge in [0.1, 0.15) is 0 Å². The van der Waals surface area contributed by atoms with Gasteiger partial charge < -0.3 is 0 Å². The van der Waals surface area contributed by atoms with Crippen LogP contribution >= 0.6 is 15.9 Å². The average molecular weight is 270 g/mol. The van der Waals surface area contributed by atoms with E-state index in [2.05, 4.69) is 15.9 Å². The van der Waals surface area contributed by atoms with Crippen LogP contribution in [-0.4, -0.2) is 24.8 Å². The Morgan fingerprint density at radius 2 is 2.00 bits per heavy atom. The molecule has 1 aromatic rings. The minimum atomic E-state index is -0.150. The smallest absolute Gasteiger partial charge is 0.151 e. The molecule has 0 aliphatic heterocycles. The van der Waals surface area contributed by atoms with Crippen molar-refractivity contribution < 1.29 is 4.79 Å². The fourth-order valence-electron chi connectivity index (χ4n) is 1.77. The lowest BCUT2D eigenvalue weighted by atomic mass is 9.98. The van der Waals surface area contributed by atoms with Crippen LogP contribution in [0, 0.1) is 6.92 Å². The molecule has 0 heterocycles. The normalized spacial score (nSPS) is 12.9. The van der Waals surface area contributed by atoms with Gasteiger partial charge in [-0.25, -0.2) is 0 Å². The zero-order valence-corrected chi connectivity index (χ0v) is 11.1. The highest BCUT2D eigenvalue weighted by Gasteiger charge is 2.20. The molecule has 3 heteroatoms. The number of ketones is 1. The third kappa shape index (κ3) is 2.89. The molecule has 0 spiro atoms. The zero-order valence-electron chi connectivity index (χ0n) is 9.54. The maximum Gasteiger partial charge on any atom is 0.151 e. The van der Waals surface area contributed by atoms with Crippen molar-refractivity contribution >= 4 is 21.7 Å². The van der Waals surface area contributed by atoms with Gasteiger partial charge in [0.25, 0.3) is 0 Å². The highest BCUT2D eigenvalue weighted by atomic mass is 79.9. The highest BCUT2D eigenvalue weighted by Crippen LogP contribution is 2.25. The van der Waals surface area contributed by atoms with Crippen molar-refractivity contribution in [3.05, 3.63) is 33.8 Å². The number of carbonyl (C=O) groups is 1. The van der Waals surface area contributed by atoms with Crippen molar-refractivity contribution in [3.63, 3.8) is 0 Å². The lowest BCUT2D eigenvalue weighted by molar-refractivity contribution is -0.121. The van der Waals surface area contributed by atoms with Crippen LogP contribution in [0.1, 0.15) is 24.1 Å². The van der Waals surface area contributed by atoms with Gasteiger partial charge in [0, 0.05) is 4.47 Å². The Kier molecular flexibility index (Phi) is 4.05. The topological polar surface area (TPSA) is 20.3 Å². The molecule has 0 aliphatic rings. The molecule has 1 atom stereocenters. The van der Waals surface area contributed by atoms with Crippen LogP contribution in [0.4, 0.5) is 0 Å². The molecule has 15 heavy (non-hydrogen) atoms. The second kappa shape index (κ2) is 4.90. The molecule has 0 aliphatic carbocycles. The van der Waals surface area contributed by atoms with Gasteiger partial charge in [-0.15, -0.1) is 0 Å². The van der Waals surface area contributed by atoms with Gasteiger partial charge in [0.05, 0.1) is 6.04 Å². The third-order valence-electron chi connectivity index (χ3n) is 2.44. The summed E-state index contributed by atoms with van der Waals surface area (Å²) in [7, 11) is 3.85. The highest BCUT2D eigenvalue weighted by molar-refractivity contribution is 9.10. The van der Waals surface area contributed by atoms with Crippen LogP contribution in [0.3, 0.4) is 0 Å². The molecule has 0 saturated heterocycles. The Bertz CT molecular complexity index is 374. The standard InChI is InChI=1S/C12H16BrNO/c1-8-5-6-10(13)7-11(8)12(9(2)15)14(3)4/h5-7,12H,1-4H3. The van der Waals surface area contributed by atoms with E-state index in [4.69, 9.17) is 0 Å². The van der Waals surface area contributed by atoms with E-state index >= 15 is 0 Å². The summed E-state index contributed by atoms with van der Waals surface area (Å²) >= 11 is 3.43. The Labute approximate surface area is 99.4 Å². The molecule has 1 unspecified atom stereocenters. The first-order valence-electron chi connectivity index (χ1n) is 4.86. The van der Waals surface area contributed by atoms with Gasteiger partial charge in [-0.3, -0.25) is 9.69 Å². The summed E-state index contributed by atoms with van der Waals surface area (Å²) in [5, 5.41) is 0. The van der Waals surface area contributed by atoms with E-state index in [0.29, 0.717) is 0 Å². The molecule has 2 nitrogen and oxygen atoms in total. The number of halogens is 1. The maximum atomic E-state index is 11.6. The second-order valence-electron chi connectivity index (χ2n) is 3.98. The van der Waals surface area contributed by atoms with Gasteiger partial charge in [-0.2, -0.15) is 0 Å². The minimum Gasteiger partial charge on any atom is -0.298 e. The summed E-state index contributed by atoms with van der Waals surface area (Å²) in [5.41, 5.74) is 2.22. The van der Waals surface area contributed by atoms with E-state index in [-0.39, 0.29) is 11.8 Å². The summed E-state index contributed by atoms with van der Waals surface area (Å²) in [6.07, 6.45) is 0. The van der Waals surface area contributed by atoms with Crippen molar-refractivity contribution in [2.45, 2.75) is 19.9 Å². The van der Waals surface area contributed by atoms with Crippen molar-refractivity contribution in [2.75, 3.05) is 14.1 Å². The fraction of sp³-hybridized carbons (Fsp3) is 0.417. The molecule has 82 valence electrons. The van der Waals surface area contributed by atoms with E-state index in [0.717, 1.165) is 15.6 Å². The SMILES string of the molecule is CC(=O)C(c1cc(Br)ccc1C)N(C)C. The molecule has 0 radical (unpaired) electrons. The molecule has 0 saturated carbocycles. The molecular weight excluding hydrogens is 254 g/mol. The zero-order chi connectivity index (χ0) is 11.6. The molecular formula is C12H16BrNO. The lowest BCUT2D eigenvalue weighted by Crippen LogP contribution is -2.26. The summed E-state index contributed by atoms with van der Waals surface area (Å²) in [4.78, 5) is 13.5. The van der Waals surface area contributed by atoms with Crippen molar-refractivity contribution in [1.82, 2.24) is 4.90 Å². The number of benzene rings is 1. The van der Waals surface area contributed by atoms with Crippen LogP contribution in [-0.2, 0) is 4.79 Å². The number of Topliss-reactive ketones (excluding diaryl/α,β-unsaturated/α-hetero) is 1. The first-order valence-corrected chi connectivity index (χ1v) is 5.65. The Balaban J connectivity index is 3.22. The van der Waals surface area contributed by atoms with Crippen molar-refractivity contribution in [2.24, 2.45) is 0 Å². The summed E-state index contributed by atoms with van der Waals surface area (Å²) in [5.74, 6) is 0.168. The summed E-state index contributed by atoms with van der Waals surface area (Å²) in [6, 6.07) is 5.88. The van der Waals surface area contributed by atoms with Gasteiger partial charge in [0.15, 0.2) is 5.78 Å². The molecule has 0 fully saturated rings. The number of nitrogens with zero attached hydrogens (tertiary/aromatic N) is 1. The minimum absolute atomic E-state index is 0.150. The Morgan fingerprint density at radius 1 is 1.40 bits per heavy atom. The molecule has 0 bridgehead atoms. The van der Waals surface area contributed by atoms with Crippen LogP contribution in [0.5, 0.6) is 0 Å². The predicted octanol–water partition coefficient (Wildman–Crippen LogP) is 2.95. The summed E-state index contributed by atoms with van der Waals surface area (Å²) < 4.78 is 1.01. The number of hydrogen-bond donors (Lipinski definition) is 0. The molecule has 1 aromatic carbocycles. The maximum absolute atomic E-state index is 11.6. The number of hydrogen-bond acceptors (Lipinski definition) is 2. The molecule has 0 N–H and O–H groups in total. The molecule has 0 amide bonds. The van der Waals surface area contributed by atoms with E-state index in [1.807, 2.05) is 44.1 Å². The number of carbonyl (C=O) groups excluding carboxylic acids is 1. The van der Waals surface area contributed by atoms with E-state index in [9.17, 15) is 4.79 Å². The van der Waals surface area contributed by atoms with Gasteiger partial charge in [-0.05, 0) is 51.2 Å². The summed E-state index contributed by atoms with van der Waals surface area (Å²) in [6.45, 7) is 3.66. The van der Waals surface area contributed by atoms with Crippen molar-refractivity contribution in [1.29, 1.82) is 0 Å². The third-order valence-corrected chi connectivity index (χ3v) is 2.93. The van der Waals surface area contributed by atoms with E-state index < -0.39 is 0 Å². The van der Waals surface area contributed by atoms with Crippen LogP contribution in [0.25, 0.3) is 0 Å².